The van der Waals surface area contributed by atoms with Crippen LogP contribution in [0.25, 0.3) is 16.9 Å². The van der Waals surface area contributed by atoms with Gasteiger partial charge in [0, 0.05) is 28.2 Å². The summed E-state index contributed by atoms with van der Waals surface area (Å²) in [6, 6.07) is 12.4. The van der Waals surface area contributed by atoms with Crippen molar-refractivity contribution in [2.45, 2.75) is 6.92 Å². The first kappa shape index (κ1) is 19.7. The van der Waals surface area contributed by atoms with Gasteiger partial charge < -0.3 is 0 Å². The van der Waals surface area contributed by atoms with Gasteiger partial charge in [0.15, 0.2) is 5.69 Å². The van der Waals surface area contributed by atoms with Crippen molar-refractivity contribution in [3.8, 4) is 16.9 Å². The molecule has 0 aliphatic heterocycles. The van der Waals surface area contributed by atoms with Crippen LogP contribution in [0, 0.1) is 6.92 Å². The minimum Gasteiger partial charge on any atom is -0.274 e. The monoisotopic (exact) mass is 423 g/mol. The van der Waals surface area contributed by atoms with Gasteiger partial charge in [-0.25, -0.2) is 9.75 Å². The molecular weight excluding hydrogens is 409 g/mol. The standard InChI is InChI=1S/C19H16Cl3N3O2/c1-11-17(19(26)24(2)27-3)23-25(16-9-8-14(21)10-15(16)22)18(11)12-4-6-13(20)7-5-12/h4-10H,1-3H3. The largest absolute Gasteiger partial charge is 0.297 e. The van der Waals surface area contributed by atoms with E-state index >= 15 is 0 Å². The Hall–Kier alpha value is -2.05. The topological polar surface area (TPSA) is 47.4 Å². The number of benzene rings is 2. The fourth-order valence-corrected chi connectivity index (χ4v) is 3.32. The number of amides is 1. The SMILES string of the molecule is CON(C)C(=O)c1nn(-c2ccc(Cl)cc2Cl)c(-c2ccc(Cl)cc2)c1C. The molecule has 0 unspecified atom stereocenters. The highest BCUT2D eigenvalue weighted by Crippen LogP contribution is 2.33. The maximum Gasteiger partial charge on any atom is 0.297 e. The molecule has 0 radical (unpaired) electrons. The molecule has 0 N–H and O–H groups in total. The van der Waals surface area contributed by atoms with Crippen molar-refractivity contribution in [2.24, 2.45) is 0 Å². The first-order chi connectivity index (χ1) is 12.8. The Morgan fingerprint density at radius 1 is 1.07 bits per heavy atom. The summed E-state index contributed by atoms with van der Waals surface area (Å²) in [4.78, 5) is 17.7. The van der Waals surface area contributed by atoms with Crippen LogP contribution in [0.4, 0.5) is 0 Å². The van der Waals surface area contributed by atoms with E-state index < -0.39 is 0 Å². The smallest absolute Gasteiger partial charge is 0.274 e. The van der Waals surface area contributed by atoms with E-state index in [-0.39, 0.29) is 11.6 Å². The number of hydrogen-bond acceptors (Lipinski definition) is 3. The van der Waals surface area contributed by atoms with Crippen molar-refractivity contribution in [1.29, 1.82) is 0 Å². The highest BCUT2D eigenvalue weighted by molar-refractivity contribution is 6.35. The lowest BCUT2D eigenvalue weighted by atomic mass is 10.1. The second-order valence-electron chi connectivity index (χ2n) is 5.82. The Kier molecular flexibility index (Phi) is 5.77. The quantitative estimate of drug-likeness (QED) is 0.524. The van der Waals surface area contributed by atoms with Crippen molar-refractivity contribution in [1.82, 2.24) is 14.8 Å². The molecule has 3 aromatic rings. The molecule has 0 aliphatic rings. The summed E-state index contributed by atoms with van der Waals surface area (Å²) in [5, 5.41) is 7.18. The maximum atomic E-state index is 12.7. The minimum atomic E-state index is -0.367. The first-order valence-electron chi connectivity index (χ1n) is 7.96. The van der Waals surface area contributed by atoms with Gasteiger partial charge in [0.2, 0.25) is 0 Å². The average molecular weight is 425 g/mol. The predicted molar refractivity (Wildman–Crippen MR) is 108 cm³/mol. The van der Waals surface area contributed by atoms with Crippen molar-refractivity contribution in [2.75, 3.05) is 14.2 Å². The normalized spacial score (nSPS) is 10.9. The van der Waals surface area contributed by atoms with E-state index in [2.05, 4.69) is 5.10 Å². The Balaban J connectivity index is 2.27. The lowest BCUT2D eigenvalue weighted by Gasteiger charge is -2.12. The van der Waals surface area contributed by atoms with E-state index in [0.717, 1.165) is 16.3 Å². The molecule has 1 amide bonds. The van der Waals surface area contributed by atoms with Crippen molar-refractivity contribution in [3.05, 3.63) is 68.8 Å². The van der Waals surface area contributed by atoms with Crippen LogP contribution in [-0.2, 0) is 4.84 Å². The minimum absolute atomic E-state index is 0.260. The van der Waals surface area contributed by atoms with Gasteiger partial charge in [0.25, 0.3) is 5.91 Å². The highest BCUT2D eigenvalue weighted by Gasteiger charge is 2.25. The molecule has 0 aliphatic carbocycles. The third-order valence-electron chi connectivity index (χ3n) is 4.14. The summed E-state index contributed by atoms with van der Waals surface area (Å²) in [6.45, 7) is 1.83. The molecule has 8 heteroatoms. The van der Waals surface area contributed by atoms with Gasteiger partial charge in [-0.15, -0.1) is 0 Å². The molecule has 1 heterocycles. The summed E-state index contributed by atoms with van der Waals surface area (Å²) in [5.41, 5.74) is 3.12. The molecule has 2 aromatic carbocycles. The predicted octanol–water partition coefficient (Wildman–Crippen LogP) is 5.44. The molecule has 140 valence electrons. The van der Waals surface area contributed by atoms with Gasteiger partial charge in [-0.3, -0.25) is 9.63 Å². The van der Waals surface area contributed by atoms with Crippen LogP contribution in [0.2, 0.25) is 15.1 Å². The van der Waals surface area contributed by atoms with Crippen LogP contribution < -0.4 is 0 Å². The summed E-state index contributed by atoms with van der Waals surface area (Å²) in [5.74, 6) is -0.367. The van der Waals surface area contributed by atoms with Crippen molar-refractivity contribution >= 4 is 40.7 Å². The van der Waals surface area contributed by atoms with E-state index in [1.165, 1.54) is 14.2 Å². The van der Waals surface area contributed by atoms with Crippen molar-refractivity contribution in [3.63, 3.8) is 0 Å². The van der Waals surface area contributed by atoms with Gasteiger partial charge in [0.1, 0.15) is 0 Å². The summed E-state index contributed by atoms with van der Waals surface area (Å²) in [7, 11) is 2.94. The van der Waals surface area contributed by atoms with Gasteiger partial charge in [-0.2, -0.15) is 5.10 Å². The second-order valence-corrected chi connectivity index (χ2v) is 7.10. The molecule has 27 heavy (non-hydrogen) atoms. The van der Waals surface area contributed by atoms with E-state index in [4.69, 9.17) is 39.6 Å². The third-order valence-corrected chi connectivity index (χ3v) is 4.93. The number of halogens is 3. The van der Waals surface area contributed by atoms with E-state index in [0.29, 0.717) is 26.3 Å². The van der Waals surface area contributed by atoms with Crippen LogP contribution in [0.1, 0.15) is 16.1 Å². The fraction of sp³-hybridized carbons (Fsp3) is 0.158. The molecule has 0 bridgehead atoms. The zero-order valence-electron chi connectivity index (χ0n) is 14.8. The molecule has 1 aromatic heterocycles. The molecular formula is C19H16Cl3N3O2. The maximum absolute atomic E-state index is 12.7. The summed E-state index contributed by atoms with van der Waals surface area (Å²) in [6.07, 6.45) is 0. The molecule has 0 spiro atoms. The Morgan fingerprint density at radius 2 is 1.70 bits per heavy atom. The third kappa shape index (κ3) is 3.82. The molecule has 0 atom stereocenters. The number of aromatic nitrogens is 2. The molecule has 3 rings (SSSR count). The highest BCUT2D eigenvalue weighted by atomic mass is 35.5. The zero-order chi connectivity index (χ0) is 19.7. The summed E-state index contributed by atoms with van der Waals surface area (Å²) >= 11 is 18.4. The van der Waals surface area contributed by atoms with Crippen LogP contribution in [0.5, 0.6) is 0 Å². The summed E-state index contributed by atoms with van der Waals surface area (Å²) < 4.78 is 1.63. The van der Waals surface area contributed by atoms with Gasteiger partial charge in [0.05, 0.1) is 23.5 Å². The van der Waals surface area contributed by atoms with Crippen LogP contribution in [0.3, 0.4) is 0 Å². The van der Waals surface area contributed by atoms with Gasteiger partial charge >= 0.3 is 0 Å². The lowest BCUT2D eigenvalue weighted by Crippen LogP contribution is -2.26. The lowest BCUT2D eigenvalue weighted by molar-refractivity contribution is -0.0761. The number of rotatable bonds is 4. The van der Waals surface area contributed by atoms with E-state index in [9.17, 15) is 4.79 Å². The Bertz CT molecular complexity index is 1000. The van der Waals surface area contributed by atoms with Crippen LogP contribution >= 0.6 is 34.8 Å². The fourth-order valence-electron chi connectivity index (χ4n) is 2.71. The number of hydroxylamine groups is 2. The van der Waals surface area contributed by atoms with E-state index in [1.54, 1.807) is 35.0 Å². The van der Waals surface area contributed by atoms with Gasteiger partial charge in [-0.1, -0.05) is 46.9 Å². The Labute approximate surface area is 172 Å². The van der Waals surface area contributed by atoms with E-state index in [1.807, 2.05) is 19.1 Å². The first-order valence-corrected chi connectivity index (χ1v) is 9.10. The molecule has 0 saturated carbocycles. The van der Waals surface area contributed by atoms with Gasteiger partial charge in [-0.05, 0) is 37.3 Å². The van der Waals surface area contributed by atoms with Crippen LogP contribution in [0.15, 0.2) is 42.5 Å². The van der Waals surface area contributed by atoms with Crippen LogP contribution in [-0.4, -0.2) is 34.9 Å². The molecule has 5 nitrogen and oxygen atoms in total. The number of carbonyl (C=O) groups excluding carboxylic acids is 1. The Morgan fingerprint density at radius 3 is 2.30 bits per heavy atom. The number of nitrogens with zero attached hydrogens (tertiary/aromatic N) is 3. The molecule has 0 fully saturated rings. The zero-order valence-corrected chi connectivity index (χ0v) is 17.1. The van der Waals surface area contributed by atoms with Crippen molar-refractivity contribution < 1.29 is 9.63 Å². The second kappa shape index (κ2) is 7.90. The molecule has 0 saturated heterocycles. The number of carbonyl (C=O) groups is 1. The average Bonchev–Trinajstić information content (AvgIpc) is 2.98. The number of hydrogen-bond donors (Lipinski definition) is 0.